The fourth-order valence-corrected chi connectivity index (χ4v) is 3.28. The van der Waals surface area contributed by atoms with Crippen LogP contribution in [0.2, 0.25) is 5.02 Å². The third kappa shape index (κ3) is 4.60. The molecule has 3 rings (SSSR count). The number of carbonyl (C=O) groups is 2. The lowest BCUT2D eigenvalue weighted by molar-refractivity contribution is -0.121. The van der Waals surface area contributed by atoms with Crippen LogP contribution in [0.5, 0.6) is 0 Å². The number of nitrogens with one attached hydrogen (secondary N) is 1. The van der Waals surface area contributed by atoms with Crippen LogP contribution in [-0.4, -0.2) is 31.3 Å². The highest BCUT2D eigenvalue weighted by Crippen LogP contribution is 2.26. The number of Topliss-reactive ketones (excluding diaryl/α,β-unsaturated/α-hetero) is 1. The molecule has 1 heterocycles. The Labute approximate surface area is 152 Å². The van der Waals surface area contributed by atoms with Crippen molar-refractivity contribution in [3.63, 3.8) is 0 Å². The number of ketones is 1. The Bertz CT molecular complexity index is 776. The number of anilines is 1. The zero-order valence-corrected chi connectivity index (χ0v) is 14.8. The normalized spacial score (nSPS) is 12.8. The fraction of sp³-hybridized carbons (Fsp3) is 0.300. The second-order valence-electron chi connectivity index (χ2n) is 6.15. The zero-order chi connectivity index (χ0) is 17.6. The van der Waals surface area contributed by atoms with Gasteiger partial charge in [0.15, 0.2) is 5.78 Å². The van der Waals surface area contributed by atoms with Gasteiger partial charge in [-0.3, -0.25) is 9.59 Å². The summed E-state index contributed by atoms with van der Waals surface area (Å²) in [6.45, 7) is 2.35. The lowest BCUT2D eigenvalue weighted by Gasteiger charge is -2.19. The predicted octanol–water partition coefficient (Wildman–Crippen LogP) is 3.48. The van der Waals surface area contributed by atoms with Gasteiger partial charge in [0.2, 0.25) is 5.91 Å². The molecule has 0 unspecified atom stereocenters. The quantitative estimate of drug-likeness (QED) is 0.773. The average Bonchev–Trinajstić information content (AvgIpc) is 3.03. The van der Waals surface area contributed by atoms with Crippen molar-refractivity contribution in [2.75, 3.05) is 24.5 Å². The van der Waals surface area contributed by atoms with Gasteiger partial charge >= 0.3 is 0 Å². The molecule has 0 radical (unpaired) electrons. The predicted molar refractivity (Wildman–Crippen MR) is 100 cm³/mol. The Morgan fingerprint density at radius 2 is 1.92 bits per heavy atom. The van der Waals surface area contributed by atoms with E-state index in [1.807, 2.05) is 6.07 Å². The zero-order valence-electron chi connectivity index (χ0n) is 14.0. The summed E-state index contributed by atoms with van der Waals surface area (Å²) in [7, 11) is 0. The van der Waals surface area contributed by atoms with Crippen molar-refractivity contribution in [2.45, 2.75) is 19.3 Å². The minimum Gasteiger partial charge on any atom is -0.369 e. The van der Waals surface area contributed by atoms with Gasteiger partial charge in [-0.25, -0.2) is 0 Å². The summed E-state index contributed by atoms with van der Waals surface area (Å²) in [6.07, 6.45) is 1.44. The van der Waals surface area contributed by atoms with Crippen LogP contribution in [0.4, 0.5) is 5.69 Å². The summed E-state index contributed by atoms with van der Waals surface area (Å²) in [4.78, 5) is 26.3. The standard InChI is InChI=1S/C20H21ClN2O2/c21-17-6-3-5-16(14-17)19(24)8-9-20(25)22-11-13-23-12-10-15-4-1-2-7-18(15)23/h1-7,14H,8-13H2,(H,22,25). The molecular formula is C20H21ClN2O2. The number of hydrogen-bond acceptors (Lipinski definition) is 3. The molecule has 1 aliphatic rings. The summed E-state index contributed by atoms with van der Waals surface area (Å²) in [5.41, 5.74) is 3.17. The molecule has 5 heteroatoms. The van der Waals surface area contributed by atoms with Gasteiger partial charge < -0.3 is 10.2 Å². The molecule has 1 amide bonds. The maximum Gasteiger partial charge on any atom is 0.220 e. The number of rotatable bonds is 7. The van der Waals surface area contributed by atoms with E-state index in [4.69, 9.17) is 11.6 Å². The molecule has 1 aliphatic heterocycles. The molecule has 0 aromatic heterocycles. The summed E-state index contributed by atoms with van der Waals surface area (Å²) >= 11 is 5.88. The number of hydrogen-bond donors (Lipinski definition) is 1. The van der Waals surface area contributed by atoms with E-state index in [0.717, 1.165) is 19.5 Å². The molecule has 0 aliphatic carbocycles. The van der Waals surface area contributed by atoms with Crippen LogP contribution in [0.3, 0.4) is 0 Å². The maximum atomic E-state index is 12.1. The van der Waals surface area contributed by atoms with Crippen LogP contribution in [0.25, 0.3) is 0 Å². The largest absolute Gasteiger partial charge is 0.369 e. The molecule has 25 heavy (non-hydrogen) atoms. The number of fused-ring (bicyclic) bond motifs is 1. The summed E-state index contributed by atoms with van der Waals surface area (Å²) in [5.74, 6) is -0.158. The van der Waals surface area contributed by atoms with Crippen LogP contribution in [-0.2, 0) is 11.2 Å². The molecule has 0 saturated carbocycles. The number of benzene rings is 2. The molecule has 0 spiro atoms. The van der Waals surface area contributed by atoms with Gasteiger partial charge in [-0.2, -0.15) is 0 Å². The highest BCUT2D eigenvalue weighted by Gasteiger charge is 2.17. The lowest BCUT2D eigenvalue weighted by Crippen LogP contribution is -2.34. The topological polar surface area (TPSA) is 49.4 Å². The summed E-state index contributed by atoms with van der Waals surface area (Å²) in [5, 5.41) is 3.43. The van der Waals surface area contributed by atoms with Gasteiger partial charge in [-0.1, -0.05) is 41.9 Å². The van der Waals surface area contributed by atoms with E-state index in [1.54, 1.807) is 24.3 Å². The first-order chi connectivity index (χ1) is 12.1. The first kappa shape index (κ1) is 17.5. The van der Waals surface area contributed by atoms with Gasteiger partial charge in [0.25, 0.3) is 0 Å². The Balaban J connectivity index is 1.40. The van der Waals surface area contributed by atoms with Gasteiger partial charge in [0.05, 0.1) is 0 Å². The fourth-order valence-electron chi connectivity index (χ4n) is 3.09. The van der Waals surface area contributed by atoms with E-state index in [1.165, 1.54) is 11.3 Å². The van der Waals surface area contributed by atoms with Gasteiger partial charge in [0.1, 0.15) is 0 Å². The molecule has 0 atom stereocenters. The van der Waals surface area contributed by atoms with E-state index in [2.05, 4.69) is 28.4 Å². The van der Waals surface area contributed by atoms with Crippen molar-refractivity contribution in [1.82, 2.24) is 5.32 Å². The van der Waals surface area contributed by atoms with Gasteiger partial charge in [-0.05, 0) is 30.2 Å². The van der Waals surface area contributed by atoms with Crippen LogP contribution in [0.15, 0.2) is 48.5 Å². The number of nitrogens with zero attached hydrogens (tertiary/aromatic N) is 1. The van der Waals surface area contributed by atoms with E-state index in [-0.39, 0.29) is 24.5 Å². The highest BCUT2D eigenvalue weighted by molar-refractivity contribution is 6.31. The van der Waals surface area contributed by atoms with Crippen molar-refractivity contribution in [3.05, 3.63) is 64.7 Å². The average molecular weight is 357 g/mol. The van der Waals surface area contributed by atoms with E-state index < -0.39 is 0 Å². The number of carbonyl (C=O) groups excluding carboxylic acids is 2. The molecule has 1 N–H and O–H groups in total. The molecule has 0 saturated heterocycles. The molecule has 2 aromatic rings. The Hall–Kier alpha value is -2.33. The van der Waals surface area contributed by atoms with Crippen molar-refractivity contribution in [2.24, 2.45) is 0 Å². The maximum absolute atomic E-state index is 12.1. The monoisotopic (exact) mass is 356 g/mol. The highest BCUT2D eigenvalue weighted by atomic mass is 35.5. The molecule has 2 aromatic carbocycles. The molecular weight excluding hydrogens is 336 g/mol. The second-order valence-corrected chi connectivity index (χ2v) is 6.59. The number of halogens is 1. The first-order valence-electron chi connectivity index (χ1n) is 8.52. The second kappa shape index (κ2) is 8.17. The van der Waals surface area contributed by atoms with E-state index in [0.29, 0.717) is 17.1 Å². The Morgan fingerprint density at radius 3 is 2.76 bits per heavy atom. The van der Waals surface area contributed by atoms with Crippen LogP contribution in [0, 0.1) is 0 Å². The molecule has 130 valence electrons. The van der Waals surface area contributed by atoms with Crippen molar-refractivity contribution in [1.29, 1.82) is 0 Å². The Morgan fingerprint density at radius 1 is 1.08 bits per heavy atom. The van der Waals surface area contributed by atoms with E-state index in [9.17, 15) is 9.59 Å². The lowest BCUT2D eigenvalue weighted by atomic mass is 10.1. The molecule has 0 fully saturated rings. The third-order valence-corrected chi connectivity index (χ3v) is 4.65. The van der Waals surface area contributed by atoms with Crippen LogP contribution in [0.1, 0.15) is 28.8 Å². The summed E-state index contributed by atoms with van der Waals surface area (Å²) in [6, 6.07) is 15.2. The van der Waals surface area contributed by atoms with Crippen LogP contribution >= 0.6 is 11.6 Å². The molecule has 0 bridgehead atoms. The van der Waals surface area contributed by atoms with Gasteiger partial charge in [0, 0.05) is 48.7 Å². The van der Waals surface area contributed by atoms with Crippen molar-refractivity contribution >= 4 is 29.0 Å². The summed E-state index contributed by atoms with van der Waals surface area (Å²) < 4.78 is 0. The van der Waals surface area contributed by atoms with Crippen molar-refractivity contribution < 1.29 is 9.59 Å². The minimum absolute atomic E-state index is 0.0638. The van der Waals surface area contributed by atoms with Crippen LogP contribution < -0.4 is 10.2 Å². The minimum atomic E-state index is -0.0946. The first-order valence-corrected chi connectivity index (χ1v) is 8.89. The number of para-hydroxylation sites is 1. The third-order valence-electron chi connectivity index (χ3n) is 4.41. The smallest absolute Gasteiger partial charge is 0.220 e. The Kier molecular flexibility index (Phi) is 5.71. The number of amides is 1. The van der Waals surface area contributed by atoms with Gasteiger partial charge in [-0.15, -0.1) is 0 Å². The van der Waals surface area contributed by atoms with Crippen molar-refractivity contribution in [3.8, 4) is 0 Å². The SMILES string of the molecule is O=C(CCC(=O)c1cccc(Cl)c1)NCCN1CCc2ccccc21. The van der Waals surface area contributed by atoms with E-state index >= 15 is 0 Å². The molecule has 4 nitrogen and oxygen atoms in total.